The van der Waals surface area contributed by atoms with Gasteiger partial charge in [0.05, 0.1) is 0 Å². The van der Waals surface area contributed by atoms with Gasteiger partial charge in [-0.05, 0) is 61.9 Å². The maximum Gasteiger partial charge on any atom is 0.0349 e. The Bertz CT molecular complexity index is 611. The van der Waals surface area contributed by atoms with E-state index in [1.54, 1.807) is 0 Å². The molecule has 0 amide bonds. The zero-order valence-electron chi connectivity index (χ0n) is 13.5. The summed E-state index contributed by atoms with van der Waals surface area (Å²) in [5.74, 6) is 0. The van der Waals surface area contributed by atoms with Gasteiger partial charge in [0.2, 0.25) is 0 Å². The third-order valence-electron chi connectivity index (χ3n) is 4.49. The number of nitrogen functional groups attached to an aromatic ring is 1. The van der Waals surface area contributed by atoms with Crippen molar-refractivity contribution in [3.05, 3.63) is 64.7 Å². The number of nitrogens with one attached hydrogen (secondary N) is 1. The van der Waals surface area contributed by atoms with Crippen LogP contribution >= 0.6 is 24.8 Å². The molecular weight excluding hydrogens is 327 g/mol. The van der Waals surface area contributed by atoms with Crippen LogP contribution in [0.4, 0.5) is 5.69 Å². The number of anilines is 1. The molecule has 2 aromatic rings. The molecule has 0 fully saturated rings. The van der Waals surface area contributed by atoms with Gasteiger partial charge in [0.25, 0.3) is 0 Å². The van der Waals surface area contributed by atoms with Crippen LogP contribution in [0.1, 0.15) is 28.7 Å². The van der Waals surface area contributed by atoms with Crippen molar-refractivity contribution < 1.29 is 0 Å². The van der Waals surface area contributed by atoms with Crippen molar-refractivity contribution in [2.24, 2.45) is 0 Å². The van der Waals surface area contributed by atoms with Crippen molar-refractivity contribution in [1.29, 1.82) is 0 Å². The summed E-state index contributed by atoms with van der Waals surface area (Å²) in [7, 11) is 0. The Balaban J connectivity index is 0.00000132. The molecule has 4 heteroatoms. The van der Waals surface area contributed by atoms with E-state index in [4.69, 9.17) is 5.73 Å². The van der Waals surface area contributed by atoms with E-state index in [9.17, 15) is 0 Å². The Kier molecular flexibility index (Phi) is 7.90. The minimum absolute atomic E-state index is 0. The van der Waals surface area contributed by atoms with E-state index in [2.05, 4.69) is 48.6 Å². The van der Waals surface area contributed by atoms with Crippen molar-refractivity contribution in [2.45, 2.75) is 38.6 Å². The van der Waals surface area contributed by atoms with E-state index >= 15 is 0 Å². The standard InChI is InChI=1S/C19H24N2.2ClH/c1-14-5-7-15(8-6-14)11-12-21-17-9-10-18-16(13-17)3-2-4-19(18)20;;/h2-8,17,21H,9-13,20H2,1H3;2*1H. The highest BCUT2D eigenvalue weighted by Crippen LogP contribution is 2.26. The lowest BCUT2D eigenvalue weighted by molar-refractivity contribution is 0.462. The Hall–Kier alpha value is -1.22. The minimum atomic E-state index is 0. The molecule has 3 rings (SSSR count). The number of rotatable bonds is 4. The molecule has 1 unspecified atom stereocenters. The second-order valence-electron chi connectivity index (χ2n) is 6.11. The Labute approximate surface area is 151 Å². The molecule has 0 spiro atoms. The van der Waals surface area contributed by atoms with Gasteiger partial charge in [0.1, 0.15) is 0 Å². The maximum absolute atomic E-state index is 6.05. The zero-order chi connectivity index (χ0) is 14.7. The number of halogens is 2. The highest BCUT2D eigenvalue weighted by Gasteiger charge is 2.19. The molecule has 126 valence electrons. The number of benzene rings is 2. The third-order valence-corrected chi connectivity index (χ3v) is 4.49. The molecular formula is C19H26Cl2N2. The Morgan fingerprint density at radius 2 is 1.83 bits per heavy atom. The summed E-state index contributed by atoms with van der Waals surface area (Å²) in [6.07, 6.45) is 4.49. The fourth-order valence-electron chi connectivity index (χ4n) is 3.19. The lowest BCUT2D eigenvalue weighted by Gasteiger charge is -2.26. The van der Waals surface area contributed by atoms with Crippen molar-refractivity contribution >= 4 is 30.5 Å². The van der Waals surface area contributed by atoms with E-state index in [1.807, 2.05) is 6.07 Å². The number of hydrogen-bond donors (Lipinski definition) is 2. The summed E-state index contributed by atoms with van der Waals surface area (Å²) >= 11 is 0. The normalized spacial score (nSPS) is 16.0. The number of aryl methyl sites for hydroxylation is 1. The van der Waals surface area contributed by atoms with Gasteiger partial charge >= 0.3 is 0 Å². The third kappa shape index (κ3) is 5.13. The minimum Gasteiger partial charge on any atom is -0.398 e. The van der Waals surface area contributed by atoms with E-state index < -0.39 is 0 Å². The molecule has 3 N–H and O–H groups in total. The molecule has 0 heterocycles. The molecule has 1 aliphatic rings. The molecule has 1 atom stereocenters. The molecule has 0 aliphatic heterocycles. The Morgan fingerprint density at radius 1 is 1.09 bits per heavy atom. The van der Waals surface area contributed by atoms with E-state index in [0.717, 1.165) is 31.5 Å². The van der Waals surface area contributed by atoms with Crippen LogP contribution in [0.5, 0.6) is 0 Å². The van der Waals surface area contributed by atoms with Gasteiger partial charge in [-0.15, -0.1) is 24.8 Å². The average Bonchev–Trinajstić information content (AvgIpc) is 2.49. The highest BCUT2D eigenvalue weighted by molar-refractivity contribution is 5.85. The van der Waals surface area contributed by atoms with Crippen LogP contribution in [0.2, 0.25) is 0 Å². The van der Waals surface area contributed by atoms with Gasteiger partial charge in [-0.2, -0.15) is 0 Å². The van der Waals surface area contributed by atoms with Crippen LogP contribution in [0.15, 0.2) is 42.5 Å². The summed E-state index contributed by atoms with van der Waals surface area (Å²) < 4.78 is 0. The highest BCUT2D eigenvalue weighted by atomic mass is 35.5. The maximum atomic E-state index is 6.05. The number of fused-ring (bicyclic) bond motifs is 1. The van der Waals surface area contributed by atoms with Crippen LogP contribution < -0.4 is 11.1 Å². The molecule has 2 aromatic carbocycles. The largest absolute Gasteiger partial charge is 0.398 e. The first-order valence-electron chi connectivity index (χ1n) is 7.87. The molecule has 23 heavy (non-hydrogen) atoms. The SMILES string of the molecule is Cc1ccc(CCNC2CCc3c(N)cccc3C2)cc1.Cl.Cl. The summed E-state index contributed by atoms with van der Waals surface area (Å²) in [4.78, 5) is 0. The lowest BCUT2D eigenvalue weighted by atomic mass is 9.87. The van der Waals surface area contributed by atoms with E-state index in [1.165, 1.54) is 28.7 Å². The first-order chi connectivity index (χ1) is 10.2. The molecule has 0 aromatic heterocycles. The average molecular weight is 353 g/mol. The predicted molar refractivity (Wildman–Crippen MR) is 104 cm³/mol. The van der Waals surface area contributed by atoms with Crippen molar-refractivity contribution in [3.63, 3.8) is 0 Å². The Morgan fingerprint density at radius 3 is 2.57 bits per heavy atom. The molecule has 0 saturated carbocycles. The second-order valence-corrected chi connectivity index (χ2v) is 6.11. The lowest BCUT2D eigenvalue weighted by Crippen LogP contribution is -2.36. The van der Waals surface area contributed by atoms with E-state index in [0.29, 0.717) is 6.04 Å². The molecule has 0 radical (unpaired) electrons. The quantitative estimate of drug-likeness (QED) is 0.812. The van der Waals surface area contributed by atoms with Gasteiger partial charge in [-0.1, -0.05) is 42.0 Å². The summed E-state index contributed by atoms with van der Waals surface area (Å²) in [6, 6.07) is 15.7. The second kappa shape index (κ2) is 9.17. The monoisotopic (exact) mass is 352 g/mol. The number of hydrogen-bond acceptors (Lipinski definition) is 2. The van der Waals surface area contributed by atoms with Crippen LogP contribution in [-0.2, 0) is 19.3 Å². The van der Waals surface area contributed by atoms with Gasteiger partial charge < -0.3 is 11.1 Å². The first kappa shape index (κ1) is 19.8. The van der Waals surface area contributed by atoms with Gasteiger partial charge in [-0.3, -0.25) is 0 Å². The summed E-state index contributed by atoms with van der Waals surface area (Å²) in [6.45, 7) is 3.18. The van der Waals surface area contributed by atoms with E-state index in [-0.39, 0.29) is 24.8 Å². The summed E-state index contributed by atoms with van der Waals surface area (Å²) in [5.41, 5.74) is 12.6. The molecule has 1 aliphatic carbocycles. The molecule has 0 saturated heterocycles. The molecule has 0 bridgehead atoms. The van der Waals surface area contributed by atoms with Crippen molar-refractivity contribution in [2.75, 3.05) is 12.3 Å². The number of nitrogens with two attached hydrogens (primary N) is 1. The fraction of sp³-hybridized carbons (Fsp3) is 0.368. The van der Waals surface area contributed by atoms with Crippen LogP contribution in [0.25, 0.3) is 0 Å². The van der Waals surface area contributed by atoms with Crippen molar-refractivity contribution in [3.8, 4) is 0 Å². The zero-order valence-corrected chi connectivity index (χ0v) is 15.2. The molecule has 2 nitrogen and oxygen atoms in total. The fourth-order valence-corrected chi connectivity index (χ4v) is 3.19. The van der Waals surface area contributed by atoms with Crippen molar-refractivity contribution in [1.82, 2.24) is 5.32 Å². The topological polar surface area (TPSA) is 38.0 Å². The van der Waals surface area contributed by atoms with Crippen LogP contribution in [-0.4, -0.2) is 12.6 Å². The van der Waals surface area contributed by atoms with Crippen LogP contribution in [0, 0.1) is 6.92 Å². The van der Waals surface area contributed by atoms with Crippen LogP contribution in [0.3, 0.4) is 0 Å². The van der Waals surface area contributed by atoms with Gasteiger partial charge in [-0.25, -0.2) is 0 Å². The first-order valence-corrected chi connectivity index (χ1v) is 7.87. The van der Waals surface area contributed by atoms with Gasteiger partial charge in [0, 0.05) is 11.7 Å². The van der Waals surface area contributed by atoms with Gasteiger partial charge in [0.15, 0.2) is 0 Å². The smallest absolute Gasteiger partial charge is 0.0349 e. The predicted octanol–water partition coefficient (Wildman–Crippen LogP) is 4.11. The summed E-state index contributed by atoms with van der Waals surface area (Å²) in [5, 5.41) is 3.70.